The first kappa shape index (κ1) is 24.6. The van der Waals surface area contributed by atoms with Crippen LogP contribution in [-0.4, -0.2) is 37.0 Å². The lowest BCUT2D eigenvalue weighted by atomic mass is 10.1. The molecule has 1 saturated heterocycles. The second-order valence-corrected chi connectivity index (χ2v) is 9.76. The Morgan fingerprint density at radius 3 is 2.41 bits per heavy atom. The number of halogens is 1. The van der Waals surface area contributed by atoms with Gasteiger partial charge in [-0.15, -0.1) is 0 Å². The standard InChI is InChI=1S/C31H26BrN3O2/c32-29-20-23(13-14-30(29)37-22-25-9-6-8-24-7-4-5-12-28(24)25)19-26(21-33)31(36)35-17-15-34(16-18-35)27-10-2-1-3-11-27/h1-14,19-20H,15-18,22H2/b26-19-. The predicted octanol–water partition coefficient (Wildman–Crippen LogP) is 6.44. The van der Waals surface area contributed by atoms with Crippen LogP contribution < -0.4 is 9.64 Å². The van der Waals surface area contributed by atoms with E-state index >= 15 is 0 Å². The summed E-state index contributed by atoms with van der Waals surface area (Å²) >= 11 is 3.59. The molecule has 0 unspecified atom stereocenters. The van der Waals surface area contributed by atoms with Crippen LogP contribution in [0.15, 0.2) is 101 Å². The Hall–Kier alpha value is -4.08. The summed E-state index contributed by atoms with van der Waals surface area (Å²) in [6.45, 7) is 3.08. The lowest BCUT2D eigenvalue weighted by molar-refractivity contribution is -0.126. The number of benzene rings is 4. The minimum Gasteiger partial charge on any atom is -0.488 e. The van der Waals surface area contributed by atoms with Crippen molar-refractivity contribution < 1.29 is 9.53 Å². The van der Waals surface area contributed by atoms with Crippen molar-refractivity contribution in [2.45, 2.75) is 6.61 Å². The number of ether oxygens (including phenoxy) is 1. The van der Waals surface area contributed by atoms with E-state index in [0.717, 1.165) is 34.4 Å². The van der Waals surface area contributed by atoms with Gasteiger partial charge in [-0.2, -0.15) is 5.26 Å². The van der Waals surface area contributed by atoms with Crippen LogP contribution in [0.1, 0.15) is 11.1 Å². The zero-order valence-electron chi connectivity index (χ0n) is 20.3. The van der Waals surface area contributed by atoms with Crippen LogP contribution in [0.2, 0.25) is 0 Å². The number of hydrogen-bond donors (Lipinski definition) is 0. The van der Waals surface area contributed by atoms with E-state index in [2.05, 4.69) is 63.3 Å². The highest BCUT2D eigenvalue weighted by Gasteiger charge is 2.24. The summed E-state index contributed by atoms with van der Waals surface area (Å²) in [5.41, 5.74) is 3.15. The number of fused-ring (bicyclic) bond motifs is 1. The van der Waals surface area contributed by atoms with Crippen LogP contribution in [0.25, 0.3) is 16.8 Å². The van der Waals surface area contributed by atoms with Crippen LogP contribution in [0.4, 0.5) is 5.69 Å². The molecule has 4 aromatic carbocycles. The molecule has 0 N–H and O–H groups in total. The van der Waals surface area contributed by atoms with Gasteiger partial charge in [-0.3, -0.25) is 4.79 Å². The number of para-hydroxylation sites is 1. The normalized spacial score (nSPS) is 13.9. The quantitative estimate of drug-likeness (QED) is 0.204. The van der Waals surface area contributed by atoms with Gasteiger partial charge < -0.3 is 14.5 Å². The zero-order chi connectivity index (χ0) is 25.6. The molecule has 184 valence electrons. The van der Waals surface area contributed by atoms with Gasteiger partial charge in [0.2, 0.25) is 0 Å². The first-order valence-corrected chi connectivity index (χ1v) is 13.0. The maximum atomic E-state index is 13.1. The number of rotatable bonds is 6. The van der Waals surface area contributed by atoms with Gasteiger partial charge >= 0.3 is 0 Å². The molecule has 0 aromatic heterocycles. The van der Waals surface area contributed by atoms with Crippen molar-refractivity contribution in [3.05, 3.63) is 112 Å². The van der Waals surface area contributed by atoms with Crippen molar-refractivity contribution in [3.8, 4) is 11.8 Å². The topological polar surface area (TPSA) is 56.6 Å². The summed E-state index contributed by atoms with van der Waals surface area (Å²) in [6, 6.07) is 32.3. The van der Waals surface area contributed by atoms with E-state index in [9.17, 15) is 10.1 Å². The monoisotopic (exact) mass is 551 g/mol. The summed E-state index contributed by atoms with van der Waals surface area (Å²) in [4.78, 5) is 17.1. The SMILES string of the molecule is N#C/C(=C/c1ccc(OCc2cccc3ccccc23)c(Br)c1)C(=O)N1CCN(c2ccccc2)CC1. The number of carbonyl (C=O) groups is 1. The van der Waals surface area contributed by atoms with Crippen LogP contribution in [0.5, 0.6) is 5.75 Å². The minimum absolute atomic E-state index is 0.129. The molecule has 0 aliphatic carbocycles. The van der Waals surface area contributed by atoms with Gasteiger partial charge in [-0.1, -0.05) is 66.7 Å². The molecule has 5 nitrogen and oxygen atoms in total. The molecule has 0 spiro atoms. The third-order valence-electron chi connectivity index (χ3n) is 6.57. The van der Waals surface area contributed by atoms with Crippen molar-refractivity contribution in [2.24, 2.45) is 0 Å². The smallest absolute Gasteiger partial charge is 0.264 e. The fourth-order valence-electron chi connectivity index (χ4n) is 4.58. The Bertz CT molecular complexity index is 1480. The molecule has 1 aliphatic heterocycles. The first-order chi connectivity index (χ1) is 18.1. The van der Waals surface area contributed by atoms with Crippen molar-refractivity contribution in [1.29, 1.82) is 5.26 Å². The summed E-state index contributed by atoms with van der Waals surface area (Å²) in [7, 11) is 0. The highest BCUT2D eigenvalue weighted by molar-refractivity contribution is 9.10. The molecule has 37 heavy (non-hydrogen) atoms. The maximum Gasteiger partial charge on any atom is 0.264 e. The highest BCUT2D eigenvalue weighted by atomic mass is 79.9. The second kappa shape index (κ2) is 11.3. The third kappa shape index (κ3) is 5.68. The van der Waals surface area contributed by atoms with Gasteiger partial charge in [0, 0.05) is 31.9 Å². The predicted molar refractivity (Wildman–Crippen MR) is 151 cm³/mol. The Morgan fingerprint density at radius 1 is 0.919 bits per heavy atom. The van der Waals surface area contributed by atoms with E-state index in [1.807, 2.05) is 54.6 Å². The molecular weight excluding hydrogens is 526 g/mol. The average Bonchev–Trinajstić information content (AvgIpc) is 2.95. The number of nitriles is 1. The Kier molecular flexibility index (Phi) is 7.53. The Labute approximate surface area is 225 Å². The molecule has 0 atom stereocenters. The Balaban J connectivity index is 1.24. The van der Waals surface area contributed by atoms with Crippen molar-refractivity contribution in [3.63, 3.8) is 0 Å². The van der Waals surface area contributed by atoms with Gasteiger partial charge in [-0.25, -0.2) is 0 Å². The van der Waals surface area contributed by atoms with Gasteiger partial charge in [0.25, 0.3) is 5.91 Å². The number of hydrogen-bond acceptors (Lipinski definition) is 4. The average molecular weight is 552 g/mol. The van der Waals surface area contributed by atoms with Gasteiger partial charge in [-0.05, 0) is 68.2 Å². The van der Waals surface area contributed by atoms with Crippen LogP contribution >= 0.6 is 15.9 Å². The zero-order valence-corrected chi connectivity index (χ0v) is 21.9. The highest BCUT2D eigenvalue weighted by Crippen LogP contribution is 2.29. The van der Waals surface area contributed by atoms with Gasteiger partial charge in [0.05, 0.1) is 4.47 Å². The molecule has 1 fully saturated rings. The summed E-state index contributed by atoms with van der Waals surface area (Å²) < 4.78 is 6.86. The number of piperazine rings is 1. The largest absolute Gasteiger partial charge is 0.488 e. The first-order valence-electron chi connectivity index (χ1n) is 12.2. The second-order valence-electron chi connectivity index (χ2n) is 8.90. The molecule has 1 amide bonds. The van der Waals surface area contributed by atoms with Crippen LogP contribution in [0.3, 0.4) is 0 Å². The lowest BCUT2D eigenvalue weighted by Gasteiger charge is -2.36. The number of carbonyl (C=O) groups excluding carboxylic acids is 1. The lowest BCUT2D eigenvalue weighted by Crippen LogP contribution is -2.49. The number of amides is 1. The molecule has 4 aromatic rings. The fourth-order valence-corrected chi connectivity index (χ4v) is 5.09. The molecule has 1 aliphatic rings. The van der Waals surface area contributed by atoms with E-state index in [1.54, 1.807) is 11.0 Å². The van der Waals surface area contributed by atoms with Gasteiger partial charge in [0.1, 0.15) is 24.0 Å². The molecule has 0 bridgehead atoms. The number of anilines is 1. The van der Waals surface area contributed by atoms with E-state index in [-0.39, 0.29) is 11.5 Å². The minimum atomic E-state index is -0.234. The van der Waals surface area contributed by atoms with Crippen molar-refractivity contribution in [1.82, 2.24) is 4.90 Å². The van der Waals surface area contributed by atoms with Gasteiger partial charge in [0.15, 0.2) is 0 Å². The third-order valence-corrected chi connectivity index (χ3v) is 7.19. The van der Waals surface area contributed by atoms with E-state index < -0.39 is 0 Å². The van der Waals surface area contributed by atoms with E-state index in [1.165, 1.54) is 10.8 Å². The molecule has 1 heterocycles. The maximum absolute atomic E-state index is 13.1. The molecular formula is C31H26BrN3O2. The summed E-state index contributed by atoms with van der Waals surface area (Å²) in [5, 5.41) is 12.1. The number of nitrogens with zero attached hydrogens (tertiary/aromatic N) is 3. The van der Waals surface area contributed by atoms with Crippen LogP contribution in [0, 0.1) is 11.3 Å². The molecule has 6 heteroatoms. The molecule has 0 saturated carbocycles. The van der Waals surface area contributed by atoms with E-state index in [0.29, 0.717) is 25.4 Å². The summed E-state index contributed by atoms with van der Waals surface area (Å²) in [5.74, 6) is 0.467. The molecule has 0 radical (unpaired) electrons. The molecule has 5 rings (SSSR count). The Morgan fingerprint density at radius 2 is 1.65 bits per heavy atom. The van der Waals surface area contributed by atoms with Crippen LogP contribution in [-0.2, 0) is 11.4 Å². The van der Waals surface area contributed by atoms with Crippen molar-refractivity contribution >= 4 is 44.4 Å². The van der Waals surface area contributed by atoms with E-state index in [4.69, 9.17) is 4.74 Å². The summed E-state index contributed by atoms with van der Waals surface area (Å²) in [6.07, 6.45) is 1.64. The van der Waals surface area contributed by atoms with Crippen molar-refractivity contribution in [2.75, 3.05) is 31.1 Å². The fraction of sp³-hybridized carbons (Fsp3) is 0.161.